The topological polar surface area (TPSA) is 75.6 Å². The smallest absolute Gasteiger partial charge is 1.00 e. The summed E-state index contributed by atoms with van der Waals surface area (Å²) in [5.74, 6) is -0.781. The second-order valence-corrected chi connectivity index (χ2v) is 11.1. The van der Waals surface area contributed by atoms with E-state index in [4.69, 9.17) is 16.3 Å². The van der Waals surface area contributed by atoms with Crippen molar-refractivity contribution >= 4 is 35.2 Å². The van der Waals surface area contributed by atoms with E-state index in [9.17, 15) is 14.7 Å². The van der Waals surface area contributed by atoms with E-state index in [1.807, 2.05) is 73.8 Å². The molecule has 0 saturated carbocycles. The van der Waals surface area contributed by atoms with Gasteiger partial charge < -0.3 is 16.6 Å². The zero-order valence-electron chi connectivity index (χ0n) is 24.9. The van der Waals surface area contributed by atoms with Gasteiger partial charge in [-0.15, -0.1) is 0 Å². The fraction of sp³-hybridized carbons (Fsp3) is 0.375. The van der Waals surface area contributed by atoms with Gasteiger partial charge in [-0.25, -0.2) is 4.79 Å². The van der Waals surface area contributed by atoms with Gasteiger partial charge in [0.1, 0.15) is 6.04 Å². The molecule has 3 aromatic rings. The fourth-order valence-corrected chi connectivity index (χ4v) is 5.19. The number of aliphatic carboxylic acids is 1. The molecule has 0 radical (unpaired) electrons. The summed E-state index contributed by atoms with van der Waals surface area (Å²) in [5, 5.41) is 13.1. The van der Waals surface area contributed by atoms with Crippen molar-refractivity contribution in [3.63, 3.8) is 0 Å². The van der Waals surface area contributed by atoms with Crippen LogP contribution in [-0.2, 0) is 22.6 Å². The van der Waals surface area contributed by atoms with Crippen LogP contribution in [0.3, 0.4) is 0 Å². The number of carboxylic acids is 1. The second-order valence-electron chi connectivity index (χ2n) is 9.71. The number of ether oxygens (including phenoxy) is 1. The van der Waals surface area contributed by atoms with Crippen molar-refractivity contribution in [1.29, 1.82) is 0 Å². The largest absolute Gasteiger partial charge is 1.00 e. The van der Waals surface area contributed by atoms with Crippen LogP contribution >= 0.6 is 23.4 Å². The van der Waals surface area contributed by atoms with Gasteiger partial charge in [0.2, 0.25) is 0 Å². The van der Waals surface area contributed by atoms with Crippen LogP contribution in [0.2, 0.25) is 5.02 Å². The Hall–Kier alpha value is -2.20. The number of benzene rings is 3. The van der Waals surface area contributed by atoms with Gasteiger partial charge in [0, 0.05) is 17.0 Å². The maximum atomic E-state index is 13.3. The van der Waals surface area contributed by atoms with Gasteiger partial charge >= 0.3 is 24.8 Å². The third-order valence-corrected chi connectivity index (χ3v) is 7.76. The summed E-state index contributed by atoms with van der Waals surface area (Å²) >= 11 is 7.97. The number of hydrogen-bond donors (Lipinski definition) is 2. The summed E-state index contributed by atoms with van der Waals surface area (Å²) in [6.45, 7) is 4.56. The van der Waals surface area contributed by atoms with E-state index in [1.165, 1.54) is 0 Å². The first-order valence-electron chi connectivity index (χ1n) is 13.4. The fourth-order valence-electron chi connectivity index (χ4n) is 4.51. The van der Waals surface area contributed by atoms with Crippen LogP contribution in [0, 0.1) is 6.92 Å². The van der Waals surface area contributed by atoms with E-state index in [0.717, 1.165) is 58.5 Å². The Morgan fingerprint density at radius 3 is 2.45 bits per heavy atom. The van der Waals surface area contributed by atoms with Gasteiger partial charge in [-0.2, -0.15) is 11.8 Å². The van der Waals surface area contributed by atoms with Crippen LogP contribution in [0.15, 0.2) is 66.7 Å². The number of rotatable bonds is 15. The maximum absolute atomic E-state index is 13.3. The van der Waals surface area contributed by atoms with E-state index in [0.29, 0.717) is 24.3 Å². The molecule has 1 unspecified atom stereocenters. The van der Waals surface area contributed by atoms with Gasteiger partial charge in [0.15, 0.2) is 0 Å². The Kier molecular flexibility index (Phi) is 14.9. The summed E-state index contributed by atoms with van der Waals surface area (Å²) < 4.78 is 6.41. The molecule has 0 aromatic heterocycles. The summed E-state index contributed by atoms with van der Waals surface area (Å²) in [6.07, 6.45) is 6.10. The van der Waals surface area contributed by atoms with E-state index in [2.05, 4.69) is 12.2 Å². The number of unbranched alkanes of at least 4 members (excludes halogenated alkanes) is 1. The van der Waals surface area contributed by atoms with Crippen LogP contribution in [-0.4, -0.2) is 41.1 Å². The number of carbonyl (C=O) groups is 2. The van der Waals surface area contributed by atoms with E-state index >= 15 is 0 Å². The Balaban J connectivity index is 0.00000420. The molecular weight excluding hydrogens is 537 g/mol. The number of amides is 1. The molecule has 0 fully saturated rings. The number of halogens is 1. The van der Waals surface area contributed by atoms with E-state index < -0.39 is 17.9 Å². The average Bonchev–Trinajstić information content (AvgIpc) is 2.93. The minimum absolute atomic E-state index is 0. The summed E-state index contributed by atoms with van der Waals surface area (Å²) in [6, 6.07) is 20.5. The Morgan fingerprint density at radius 1 is 1.05 bits per heavy atom. The van der Waals surface area contributed by atoms with Crippen molar-refractivity contribution < 1.29 is 39.7 Å². The molecule has 0 heterocycles. The SMILES string of the molecule is CCCCC(Cc1ccccc1Cl)OCc1ccc(C(=O)N[C@@H](CCSC)C(=O)O)c(-c2ccccc2C)c1.[H-].[Li+]. The van der Waals surface area contributed by atoms with Gasteiger partial charge in [-0.3, -0.25) is 4.79 Å². The van der Waals surface area contributed by atoms with Crippen molar-refractivity contribution in [2.45, 2.75) is 64.7 Å². The van der Waals surface area contributed by atoms with Crippen LogP contribution in [0.5, 0.6) is 0 Å². The molecule has 5 nitrogen and oxygen atoms in total. The summed E-state index contributed by atoms with van der Waals surface area (Å²) in [4.78, 5) is 25.1. The maximum Gasteiger partial charge on any atom is 1.00 e. The van der Waals surface area contributed by atoms with Crippen molar-refractivity contribution in [2.75, 3.05) is 12.0 Å². The monoisotopic (exact) mass is 575 g/mol. The molecule has 0 spiro atoms. The molecule has 2 atom stereocenters. The van der Waals surface area contributed by atoms with E-state index in [-0.39, 0.29) is 26.4 Å². The van der Waals surface area contributed by atoms with E-state index in [1.54, 1.807) is 17.8 Å². The summed E-state index contributed by atoms with van der Waals surface area (Å²) in [5.41, 5.74) is 5.18. The van der Waals surface area contributed by atoms with Crippen LogP contribution in [0.25, 0.3) is 11.1 Å². The molecule has 1 amide bonds. The van der Waals surface area contributed by atoms with Gasteiger partial charge in [0.25, 0.3) is 5.91 Å². The quantitative estimate of drug-likeness (QED) is 0.257. The van der Waals surface area contributed by atoms with Crippen LogP contribution in [0.1, 0.15) is 61.1 Å². The average molecular weight is 576 g/mol. The molecule has 8 heteroatoms. The normalized spacial score (nSPS) is 12.3. The first-order valence-corrected chi connectivity index (χ1v) is 15.2. The third kappa shape index (κ3) is 10.0. The predicted octanol–water partition coefficient (Wildman–Crippen LogP) is 4.69. The van der Waals surface area contributed by atoms with Gasteiger partial charge in [-0.05, 0) is 77.8 Å². The van der Waals surface area contributed by atoms with Crippen molar-refractivity contribution in [3.8, 4) is 11.1 Å². The number of aryl methyl sites for hydroxylation is 1. The van der Waals surface area contributed by atoms with Crippen molar-refractivity contribution in [2.24, 2.45) is 0 Å². The molecule has 2 N–H and O–H groups in total. The summed E-state index contributed by atoms with van der Waals surface area (Å²) in [7, 11) is 0. The minimum Gasteiger partial charge on any atom is -1.00 e. The Morgan fingerprint density at radius 2 is 1.77 bits per heavy atom. The standard InChI is InChI=1S/C32H38ClNO4S.Li.H/c1-4-5-12-25(20-24-11-7-9-14-29(24)33)38-21-23-15-16-27(28(19-23)26-13-8-6-10-22(26)2)31(35)34-30(32(36)37)17-18-39-3;;/h6-11,13-16,19,25,30H,4-5,12,17-18,20-21H2,1-3H3,(H,34,35)(H,36,37);;/q;+1;-1/t25?,30-;;/m0../s1. The molecule has 0 aliphatic rings. The zero-order valence-corrected chi connectivity index (χ0v) is 25.5. The number of thioether (sulfide) groups is 1. The third-order valence-electron chi connectivity index (χ3n) is 6.75. The van der Waals surface area contributed by atoms with Gasteiger partial charge in [0.05, 0.1) is 12.7 Å². The van der Waals surface area contributed by atoms with Crippen molar-refractivity contribution in [3.05, 3.63) is 94.0 Å². The van der Waals surface area contributed by atoms with Crippen LogP contribution in [0.4, 0.5) is 0 Å². The molecule has 0 saturated heterocycles. The number of hydrogen-bond acceptors (Lipinski definition) is 4. The first kappa shape index (κ1) is 34.0. The molecule has 0 bridgehead atoms. The molecular formula is C32H39ClLiNO4S. The number of carboxylic acid groups (broad SMARTS) is 1. The molecule has 0 aliphatic carbocycles. The van der Waals surface area contributed by atoms with Gasteiger partial charge in [-0.1, -0.05) is 79.9 Å². The van der Waals surface area contributed by atoms with Crippen LogP contribution < -0.4 is 24.2 Å². The number of nitrogens with one attached hydrogen (secondary N) is 1. The molecule has 0 aliphatic heterocycles. The molecule has 3 rings (SSSR count). The Labute approximate surface area is 261 Å². The molecule has 40 heavy (non-hydrogen) atoms. The Bertz CT molecular complexity index is 1260. The second kappa shape index (κ2) is 17.6. The molecule has 3 aromatic carbocycles. The number of carbonyl (C=O) groups excluding carboxylic acids is 1. The minimum atomic E-state index is -1.03. The predicted molar refractivity (Wildman–Crippen MR) is 163 cm³/mol. The van der Waals surface area contributed by atoms with Crippen molar-refractivity contribution in [1.82, 2.24) is 5.32 Å². The first-order chi connectivity index (χ1) is 18.8. The molecule has 210 valence electrons. The zero-order chi connectivity index (χ0) is 28.2.